The van der Waals surface area contributed by atoms with E-state index in [9.17, 15) is 4.79 Å². The van der Waals surface area contributed by atoms with Gasteiger partial charge in [0, 0.05) is 18.7 Å². The van der Waals surface area contributed by atoms with Gasteiger partial charge in [0.2, 0.25) is 0 Å². The molecule has 1 N–H and O–H groups in total. The third kappa shape index (κ3) is 4.46. The van der Waals surface area contributed by atoms with E-state index in [0.29, 0.717) is 12.4 Å². The minimum Gasteiger partial charge on any atom is -0.465 e. The number of hydrogen-bond acceptors (Lipinski definition) is 6. The lowest BCUT2D eigenvalue weighted by Crippen LogP contribution is -2.07. The zero-order valence-electron chi connectivity index (χ0n) is 12.0. The van der Waals surface area contributed by atoms with Crippen LogP contribution in [0.4, 0.5) is 5.82 Å². The Morgan fingerprint density at radius 3 is 2.71 bits per heavy atom. The summed E-state index contributed by atoms with van der Waals surface area (Å²) < 4.78 is 4.92. The lowest BCUT2D eigenvalue weighted by molar-refractivity contribution is -0.139. The van der Waals surface area contributed by atoms with E-state index in [1.54, 1.807) is 14.0 Å². The first-order valence-corrected chi connectivity index (χ1v) is 7.62. The maximum absolute atomic E-state index is 11.4. The van der Waals surface area contributed by atoms with Crippen molar-refractivity contribution in [3.63, 3.8) is 0 Å². The molecule has 2 aromatic rings. The van der Waals surface area contributed by atoms with Gasteiger partial charge in [-0.25, -0.2) is 9.97 Å². The van der Waals surface area contributed by atoms with E-state index in [-0.39, 0.29) is 11.7 Å². The Morgan fingerprint density at radius 2 is 2.05 bits per heavy atom. The second kappa shape index (κ2) is 7.64. The second-order valence-electron chi connectivity index (χ2n) is 4.12. The molecule has 21 heavy (non-hydrogen) atoms. The number of ether oxygens (including phenoxy) is 1. The van der Waals surface area contributed by atoms with Crippen LogP contribution in [0.2, 0.25) is 0 Å². The summed E-state index contributed by atoms with van der Waals surface area (Å²) in [6.07, 6.45) is 0. The van der Waals surface area contributed by atoms with Crippen LogP contribution in [0.3, 0.4) is 0 Å². The number of carbonyl (C=O) groups is 1. The van der Waals surface area contributed by atoms with Gasteiger partial charge in [-0.05, 0) is 6.92 Å². The summed E-state index contributed by atoms with van der Waals surface area (Å²) in [5, 5.41) is 3.75. The van der Waals surface area contributed by atoms with Crippen LogP contribution in [0.15, 0.2) is 41.4 Å². The fourth-order valence-corrected chi connectivity index (χ4v) is 2.37. The van der Waals surface area contributed by atoms with Crippen molar-refractivity contribution >= 4 is 23.5 Å². The molecule has 110 valence electrons. The summed E-state index contributed by atoms with van der Waals surface area (Å²) in [6, 6.07) is 11.5. The van der Waals surface area contributed by atoms with Crippen LogP contribution >= 0.6 is 11.8 Å². The maximum Gasteiger partial charge on any atom is 0.316 e. The van der Waals surface area contributed by atoms with Gasteiger partial charge in [0.05, 0.1) is 12.4 Å². The predicted octanol–water partition coefficient (Wildman–Crippen LogP) is 2.84. The van der Waals surface area contributed by atoms with Crippen molar-refractivity contribution in [2.75, 3.05) is 24.7 Å². The van der Waals surface area contributed by atoms with Crippen molar-refractivity contribution in [2.24, 2.45) is 0 Å². The fraction of sp³-hybridized carbons (Fsp3) is 0.267. The number of nitrogens with zero attached hydrogens (tertiary/aromatic N) is 2. The third-order valence-corrected chi connectivity index (χ3v) is 3.52. The minimum absolute atomic E-state index is 0.238. The van der Waals surface area contributed by atoms with Gasteiger partial charge >= 0.3 is 5.97 Å². The number of esters is 1. The smallest absolute Gasteiger partial charge is 0.316 e. The van der Waals surface area contributed by atoms with Crippen molar-refractivity contribution in [3.05, 3.63) is 36.4 Å². The lowest BCUT2D eigenvalue weighted by Gasteiger charge is -2.07. The van der Waals surface area contributed by atoms with E-state index in [2.05, 4.69) is 15.3 Å². The normalized spacial score (nSPS) is 10.2. The van der Waals surface area contributed by atoms with Crippen molar-refractivity contribution in [3.8, 4) is 11.4 Å². The largest absolute Gasteiger partial charge is 0.465 e. The first kappa shape index (κ1) is 15.3. The number of aromatic nitrogens is 2. The number of thioether (sulfide) groups is 1. The molecule has 0 radical (unpaired) electrons. The van der Waals surface area contributed by atoms with Crippen LogP contribution < -0.4 is 5.32 Å². The predicted molar refractivity (Wildman–Crippen MR) is 84.4 cm³/mol. The Morgan fingerprint density at radius 1 is 1.29 bits per heavy atom. The summed E-state index contributed by atoms with van der Waals surface area (Å²) in [7, 11) is 1.80. The van der Waals surface area contributed by atoms with Gasteiger partial charge < -0.3 is 10.1 Å². The fourth-order valence-electron chi connectivity index (χ4n) is 1.68. The number of anilines is 1. The first-order valence-electron chi connectivity index (χ1n) is 6.63. The highest BCUT2D eigenvalue weighted by Crippen LogP contribution is 2.23. The van der Waals surface area contributed by atoms with E-state index < -0.39 is 0 Å². The molecule has 1 heterocycles. The summed E-state index contributed by atoms with van der Waals surface area (Å²) in [5.41, 5.74) is 0.938. The average molecular weight is 303 g/mol. The van der Waals surface area contributed by atoms with E-state index >= 15 is 0 Å². The van der Waals surface area contributed by atoms with E-state index in [4.69, 9.17) is 4.74 Å². The van der Waals surface area contributed by atoms with Crippen LogP contribution in [0.25, 0.3) is 11.4 Å². The van der Waals surface area contributed by atoms with Gasteiger partial charge in [-0.3, -0.25) is 4.79 Å². The number of nitrogens with one attached hydrogen (secondary N) is 1. The summed E-state index contributed by atoms with van der Waals surface area (Å²) in [6.45, 7) is 2.18. The molecule has 6 heteroatoms. The molecule has 0 aliphatic carbocycles. The van der Waals surface area contributed by atoms with E-state index in [1.165, 1.54) is 11.8 Å². The summed E-state index contributed by atoms with van der Waals surface area (Å²) in [4.78, 5) is 20.3. The topological polar surface area (TPSA) is 64.1 Å². The maximum atomic E-state index is 11.4. The van der Waals surface area contributed by atoms with Gasteiger partial charge in [0.15, 0.2) is 5.82 Å². The molecule has 1 aromatic carbocycles. The van der Waals surface area contributed by atoms with Crippen molar-refractivity contribution in [1.29, 1.82) is 0 Å². The second-order valence-corrected chi connectivity index (χ2v) is 5.12. The molecule has 0 saturated carbocycles. The van der Waals surface area contributed by atoms with E-state index in [0.717, 1.165) is 16.4 Å². The van der Waals surface area contributed by atoms with E-state index in [1.807, 2.05) is 36.4 Å². The van der Waals surface area contributed by atoms with Crippen LogP contribution in [0.5, 0.6) is 0 Å². The summed E-state index contributed by atoms with van der Waals surface area (Å²) >= 11 is 1.34. The highest BCUT2D eigenvalue weighted by atomic mass is 32.2. The zero-order chi connectivity index (χ0) is 15.1. The zero-order valence-corrected chi connectivity index (χ0v) is 12.8. The molecule has 0 unspecified atom stereocenters. The quantitative estimate of drug-likeness (QED) is 0.503. The summed E-state index contributed by atoms with van der Waals surface area (Å²) in [5.74, 6) is 1.35. The number of benzene rings is 1. The van der Waals surface area contributed by atoms with Crippen molar-refractivity contribution < 1.29 is 9.53 Å². The molecule has 0 fully saturated rings. The Balaban J connectivity index is 2.20. The molecular weight excluding hydrogens is 286 g/mol. The molecule has 5 nitrogen and oxygen atoms in total. The number of hydrogen-bond donors (Lipinski definition) is 1. The molecule has 2 rings (SSSR count). The van der Waals surface area contributed by atoms with Gasteiger partial charge in [-0.1, -0.05) is 42.1 Å². The molecule has 1 aromatic heterocycles. The minimum atomic E-state index is -0.242. The van der Waals surface area contributed by atoms with Gasteiger partial charge in [-0.2, -0.15) is 0 Å². The third-order valence-electron chi connectivity index (χ3n) is 2.63. The highest BCUT2D eigenvalue weighted by Gasteiger charge is 2.09. The molecule has 0 amide bonds. The van der Waals surface area contributed by atoms with Crippen LogP contribution in [0.1, 0.15) is 6.92 Å². The number of rotatable bonds is 6. The SMILES string of the molecule is CCOC(=O)CSc1cc(NC)nc(-c2ccccc2)n1. The Kier molecular flexibility index (Phi) is 5.57. The molecule has 0 saturated heterocycles. The molecule has 0 aliphatic rings. The average Bonchev–Trinajstić information content (AvgIpc) is 2.54. The standard InChI is InChI=1S/C15H17N3O2S/c1-3-20-14(19)10-21-13-9-12(16-2)17-15(18-13)11-7-5-4-6-8-11/h4-9H,3,10H2,1-2H3,(H,16,17,18). The Bertz CT molecular complexity index is 605. The Hall–Kier alpha value is -2.08. The van der Waals surface area contributed by atoms with Crippen molar-refractivity contribution in [2.45, 2.75) is 11.9 Å². The molecular formula is C15H17N3O2S. The van der Waals surface area contributed by atoms with Gasteiger partial charge in [0.1, 0.15) is 10.8 Å². The monoisotopic (exact) mass is 303 g/mol. The molecule has 0 bridgehead atoms. The van der Waals surface area contributed by atoms with Crippen LogP contribution in [-0.2, 0) is 9.53 Å². The van der Waals surface area contributed by atoms with Gasteiger partial charge in [-0.15, -0.1) is 0 Å². The lowest BCUT2D eigenvalue weighted by atomic mass is 10.2. The van der Waals surface area contributed by atoms with Crippen LogP contribution in [0, 0.1) is 0 Å². The molecule has 0 aliphatic heterocycles. The first-order chi connectivity index (χ1) is 10.2. The molecule has 0 spiro atoms. The Labute approximate surface area is 128 Å². The number of carbonyl (C=O) groups excluding carboxylic acids is 1. The van der Waals surface area contributed by atoms with Crippen LogP contribution in [-0.4, -0.2) is 35.3 Å². The highest BCUT2D eigenvalue weighted by molar-refractivity contribution is 7.99. The molecule has 0 atom stereocenters. The van der Waals surface area contributed by atoms with Gasteiger partial charge in [0.25, 0.3) is 0 Å². The van der Waals surface area contributed by atoms with Crippen molar-refractivity contribution in [1.82, 2.24) is 9.97 Å².